The first-order valence-electron chi connectivity index (χ1n) is 7.26. The highest BCUT2D eigenvalue weighted by molar-refractivity contribution is 5.95. The van der Waals surface area contributed by atoms with Crippen LogP contribution in [0.15, 0.2) is 18.2 Å². The van der Waals surface area contributed by atoms with Gasteiger partial charge in [0.1, 0.15) is 6.07 Å². The highest BCUT2D eigenvalue weighted by Crippen LogP contribution is 2.17. The molecule has 1 heterocycles. The number of carbonyl (C=O) groups is 2. The molecule has 0 aliphatic carbocycles. The Bertz CT molecular complexity index is 601. The van der Waals surface area contributed by atoms with Gasteiger partial charge in [-0.05, 0) is 25.1 Å². The number of amides is 1. The molecule has 0 bridgehead atoms. The molecule has 22 heavy (non-hydrogen) atoms. The van der Waals surface area contributed by atoms with Crippen LogP contribution in [0.1, 0.15) is 29.3 Å². The number of rotatable bonds is 5. The quantitative estimate of drug-likeness (QED) is 0.832. The fourth-order valence-corrected chi connectivity index (χ4v) is 2.28. The summed E-state index contributed by atoms with van der Waals surface area (Å²) in [5, 5.41) is 12.2. The predicted octanol–water partition coefficient (Wildman–Crippen LogP) is 1.42. The molecule has 6 heteroatoms. The van der Waals surface area contributed by atoms with Crippen LogP contribution in [0.5, 0.6) is 0 Å². The molecule has 1 aromatic carbocycles. The van der Waals surface area contributed by atoms with Gasteiger partial charge in [-0.25, -0.2) is 0 Å². The highest BCUT2D eigenvalue weighted by Gasteiger charge is 2.16. The fourth-order valence-electron chi connectivity index (χ4n) is 2.28. The zero-order valence-corrected chi connectivity index (χ0v) is 12.6. The summed E-state index contributed by atoms with van der Waals surface area (Å²) in [5.41, 5.74) is 1.59. The summed E-state index contributed by atoms with van der Waals surface area (Å²) >= 11 is 0. The summed E-state index contributed by atoms with van der Waals surface area (Å²) < 4.78 is 5.21. The minimum Gasteiger partial charge on any atom is -0.383 e. The van der Waals surface area contributed by atoms with E-state index in [1.807, 2.05) is 0 Å². The Morgan fingerprint density at radius 1 is 1.36 bits per heavy atom. The Balaban J connectivity index is 1.93. The molecule has 0 spiro atoms. The second-order valence-corrected chi connectivity index (χ2v) is 5.10. The molecule has 0 unspecified atom stereocenters. The molecule has 1 N–H and O–H groups in total. The van der Waals surface area contributed by atoms with E-state index in [4.69, 9.17) is 10.00 Å². The molecule has 2 rings (SSSR count). The largest absolute Gasteiger partial charge is 0.383 e. The summed E-state index contributed by atoms with van der Waals surface area (Å²) in [6, 6.07) is 6.97. The van der Waals surface area contributed by atoms with E-state index in [-0.39, 0.29) is 11.7 Å². The molecule has 1 aliphatic rings. The molecule has 1 aliphatic heterocycles. The molecule has 1 aromatic rings. The number of benzene rings is 1. The van der Waals surface area contributed by atoms with E-state index < -0.39 is 0 Å². The van der Waals surface area contributed by atoms with Crippen LogP contribution in [0.25, 0.3) is 0 Å². The van der Waals surface area contributed by atoms with Gasteiger partial charge in [-0.2, -0.15) is 5.26 Å². The van der Waals surface area contributed by atoms with E-state index in [2.05, 4.69) is 11.4 Å². The number of ketones is 1. The predicted molar refractivity (Wildman–Crippen MR) is 81.7 cm³/mol. The van der Waals surface area contributed by atoms with Crippen LogP contribution in [0.4, 0.5) is 5.69 Å². The normalized spacial score (nSPS) is 14.3. The van der Waals surface area contributed by atoms with Crippen molar-refractivity contribution in [3.8, 4) is 6.07 Å². The zero-order chi connectivity index (χ0) is 15.9. The molecular weight excluding hydrogens is 282 g/mol. The van der Waals surface area contributed by atoms with E-state index in [0.29, 0.717) is 56.1 Å². The average molecular weight is 301 g/mol. The lowest BCUT2D eigenvalue weighted by molar-refractivity contribution is -0.134. The minimum absolute atomic E-state index is 0.0584. The van der Waals surface area contributed by atoms with Crippen molar-refractivity contribution in [3.05, 3.63) is 29.3 Å². The Morgan fingerprint density at radius 3 is 2.73 bits per heavy atom. The molecule has 116 valence electrons. The Kier molecular flexibility index (Phi) is 5.50. The maximum atomic E-state index is 12.0. The van der Waals surface area contributed by atoms with Gasteiger partial charge >= 0.3 is 0 Å². The van der Waals surface area contributed by atoms with Crippen LogP contribution in [0.2, 0.25) is 0 Å². The van der Waals surface area contributed by atoms with E-state index in [1.54, 1.807) is 23.1 Å². The second kappa shape index (κ2) is 7.57. The van der Waals surface area contributed by atoms with E-state index >= 15 is 0 Å². The molecule has 1 fully saturated rings. The van der Waals surface area contributed by atoms with Gasteiger partial charge in [-0.15, -0.1) is 0 Å². The summed E-state index contributed by atoms with van der Waals surface area (Å²) in [4.78, 5) is 25.2. The third-order valence-corrected chi connectivity index (χ3v) is 3.56. The van der Waals surface area contributed by atoms with Gasteiger partial charge in [0, 0.05) is 31.6 Å². The number of morpholine rings is 1. The number of ether oxygens (including phenoxy) is 1. The van der Waals surface area contributed by atoms with Crippen molar-refractivity contribution < 1.29 is 14.3 Å². The summed E-state index contributed by atoms with van der Waals surface area (Å²) in [6.07, 6.45) is 0.342. The zero-order valence-electron chi connectivity index (χ0n) is 12.6. The van der Waals surface area contributed by atoms with Gasteiger partial charge in [0.2, 0.25) is 5.91 Å². The van der Waals surface area contributed by atoms with Crippen molar-refractivity contribution in [1.82, 2.24) is 4.90 Å². The third kappa shape index (κ3) is 4.06. The third-order valence-electron chi connectivity index (χ3n) is 3.56. The van der Waals surface area contributed by atoms with Crippen molar-refractivity contribution in [2.24, 2.45) is 0 Å². The fraction of sp³-hybridized carbons (Fsp3) is 0.438. The van der Waals surface area contributed by atoms with Gasteiger partial charge in [-0.3, -0.25) is 9.59 Å². The molecule has 6 nitrogen and oxygen atoms in total. The van der Waals surface area contributed by atoms with Crippen molar-refractivity contribution >= 4 is 17.4 Å². The van der Waals surface area contributed by atoms with Crippen LogP contribution in [-0.2, 0) is 9.53 Å². The number of nitrogens with zero attached hydrogens (tertiary/aromatic N) is 2. The number of Topliss-reactive ketones (excluding diaryl/α,β-unsaturated/α-hetero) is 1. The number of hydrogen-bond acceptors (Lipinski definition) is 5. The minimum atomic E-state index is -0.0584. The van der Waals surface area contributed by atoms with Crippen molar-refractivity contribution in [2.75, 3.05) is 38.2 Å². The van der Waals surface area contributed by atoms with Crippen LogP contribution in [-0.4, -0.2) is 49.4 Å². The lowest BCUT2D eigenvalue weighted by atomic mass is 10.1. The van der Waals surface area contributed by atoms with E-state index in [1.165, 1.54) is 6.92 Å². The summed E-state index contributed by atoms with van der Waals surface area (Å²) in [5.74, 6) is 0.00830. The first-order valence-corrected chi connectivity index (χ1v) is 7.26. The Morgan fingerprint density at radius 2 is 2.09 bits per heavy atom. The van der Waals surface area contributed by atoms with Gasteiger partial charge in [0.15, 0.2) is 5.78 Å². The number of nitrogens with one attached hydrogen (secondary N) is 1. The number of carbonyl (C=O) groups excluding carboxylic acids is 2. The lowest BCUT2D eigenvalue weighted by Crippen LogP contribution is -2.41. The van der Waals surface area contributed by atoms with Gasteiger partial charge in [-0.1, -0.05) is 0 Å². The molecule has 1 saturated heterocycles. The average Bonchev–Trinajstić information content (AvgIpc) is 2.55. The van der Waals surface area contributed by atoms with Crippen LogP contribution in [0.3, 0.4) is 0 Å². The first-order chi connectivity index (χ1) is 10.6. The number of anilines is 1. The smallest absolute Gasteiger partial charge is 0.224 e. The van der Waals surface area contributed by atoms with Crippen molar-refractivity contribution in [1.29, 1.82) is 5.26 Å². The second-order valence-electron chi connectivity index (χ2n) is 5.10. The van der Waals surface area contributed by atoms with E-state index in [0.717, 1.165) is 0 Å². The van der Waals surface area contributed by atoms with Crippen LogP contribution in [0, 0.1) is 11.3 Å². The molecule has 0 aromatic heterocycles. The highest BCUT2D eigenvalue weighted by atomic mass is 16.5. The topological polar surface area (TPSA) is 82.4 Å². The summed E-state index contributed by atoms with van der Waals surface area (Å²) in [6.45, 7) is 4.32. The Hall–Kier alpha value is -2.39. The van der Waals surface area contributed by atoms with Gasteiger partial charge in [0.25, 0.3) is 0 Å². The summed E-state index contributed by atoms with van der Waals surface area (Å²) in [7, 11) is 0. The molecule has 0 atom stereocenters. The maximum Gasteiger partial charge on any atom is 0.224 e. The Labute approximate surface area is 129 Å². The first kappa shape index (κ1) is 16.0. The van der Waals surface area contributed by atoms with Crippen LogP contribution < -0.4 is 5.32 Å². The van der Waals surface area contributed by atoms with E-state index in [9.17, 15) is 9.59 Å². The molecular formula is C16H19N3O3. The molecule has 1 amide bonds. The maximum absolute atomic E-state index is 12.0. The lowest BCUT2D eigenvalue weighted by Gasteiger charge is -2.27. The van der Waals surface area contributed by atoms with Gasteiger partial charge in [0.05, 0.1) is 24.5 Å². The number of nitriles is 1. The van der Waals surface area contributed by atoms with Gasteiger partial charge < -0.3 is 15.0 Å². The van der Waals surface area contributed by atoms with Crippen molar-refractivity contribution in [3.63, 3.8) is 0 Å². The van der Waals surface area contributed by atoms with Crippen molar-refractivity contribution in [2.45, 2.75) is 13.3 Å². The molecule has 0 saturated carbocycles. The number of hydrogen-bond donors (Lipinski definition) is 1. The SMILES string of the molecule is CC(=O)c1ccc(C#N)c(NCCC(=O)N2CCOCC2)c1. The standard InChI is InChI=1S/C16H19N3O3/c1-12(20)13-2-3-14(11-17)15(10-13)18-5-4-16(21)19-6-8-22-9-7-19/h2-3,10,18H,4-9H2,1H3. The monoisotopic (exact) mass is 301 g/mol. The van der Waals surface area contributed by atoms with Crippen LogP contribution >= 0.6 is 0 Å². The molecule has 0 radical (unpaired) electrons.